The van der Waals surface area contributed by atoms with Gasteiger partial charge in [-0.3, -0.25) is 28.8 Å². The Bertz CT molecular complexity index is 3370. The van der Waals surface area contributed by atoms with E-state index in [1.165, 1.54) is 36.3 Å². The van der Waals surface area contributed by atoms with Gasteiger partial charge in [-0.1, -0.05) is 12.1 Å². The molecule has 0 fully saturated rings. The molecule has 0 spiro atoms. The summed E-state index contributed by atoms with van der Waals surface area (Å²) in [6.45, 7) is 10.4. The van der Waals surface area contributed by atoms with Gasteiger partial charge in [0.2, 0.25) is 17.7 Å². The van der Waals surface area contributed by atoms with Crippen molar-refractivity contribution in [2.75, 3.05) is 23.7 Å². The maximum atomic E-state index is 13.3. The second-order valence-corrected chi connectivity index (χ2v) is 19.6. The number of carboxylic acids is 1. The lowest BCUT2D eigenvalue weighted by molar-refractivity contribution is -0.146. The molecule has 400 valence electrons. The summed E-state index contributed by atoms with van der Waals surface area (Å²) in [6, 6.07) is 21.8. The highest BCUT2D eigenvalue weighted by atomic mass is 79.9. The third-order valence-corrected chi connectivity index (χ3v) is 12.4. The Morgan fingerprint density at radius 3 is 1.43 bits per heavy atom. The van der Waals surface area contributed by atoms with E-state index in [4.69, 9.17) is 10.8 Å². The van der Waals surface area contributed by atoms with Crippen molar-refractivity contribution in [3.8, 4) is 0 Å². The Morgan fingerprint density at radius 2 is 1.04 bits per heavy atom. The highest BCUT2D eigenvalue weighted by molar-refractivity contribution is 9.10. The molecule has 0 aliphatic rings. The van der Waals surface area contributed by atoms with Crippen molar-refractivity contribution in [3.63, 3.8) is 0 Å². The first kappa shape index (κ1) is 58.0. The highest BCUT2D eigenvalue weighted by Crippen LogP contribution is 2.29. The van der Waals surface area contributed by atoms with Gasteiger partial charge < -0.3 is 45.7 Å². The summed E-state index contributed by atoms with van der Waals surface area (Å²) in [6.07, 6.45) is 12.8. The second kappa shape index (κ2) is 27.5. The van der Waals surface area contributed by atoms with Gasteiger partial charge in [0.1, 0.15) is 41.5 Å². The number of halogens is 2. The van der Waals surface area contributed by atoms with Crippen LogP contribution in [0.4, 0.5) is 22.7 Å². The molecule has 21 nitrogen and oxygen atoms in total. The largest absolute Gasteiger partial charge is 0.480 e. The van der Waals surface area contributed by atoms with Gasteiger partial charge in [-0.05, 0) is 134 Å². The number of hydrogen-bond donors (Lipinski definition) is 5. The zero-order valence-corrected chi connectivity index (χ0v) is 46.3. The minimum Gasteiger partial charge on any atom is -0.480 e. The van der Waals surface area contributed by atoms with E-state index in [2.05, 4.69) is 77.7 Å². The number of Topliss-reactive ketones (excluding diaryl/α,β-unsaturated/α-hetero) is 2. The molecule has 0 atom stereocenters. The predicted molar refractivity (Wildman–Crippen MR) is 299 cm³/mol. The number of rotatable bonds is 19. The van der Waals surface area contributed by atoms with Crippen LogP contribution in [-0.2, 0) is 45.4 Å². The van der Waals surface area contributed by atoms with Gasteiger partial charge in [0, 0.05) is 75.3 Å². The van der Waals surface area contributed by atoms with Gasteiger partial charge in [-0.25, -0.2) is 29.9 Å². The first-order chi connectivity index (χ1) is 36.8. The second-order valence-electron chi connectivity index (χ2n) is 17.9. The molecule has 0 radical (unpaired) electrons. The fourth-order valence-corrected chi connectivity index (χ4v) is 8.64. The molecule has 0 saturated heterocycles. The van der Waals surface area contributed by atoms with Crippen molar-refractivity contribution in [1.82, 2.24) is 54.2 Å². The van der Waals surface area contributed by atoms with Gasteiger partial charge in [-0.15, -0.1) is 0 Å². The molecular formula is C54H58Br2N14O7. The summed E-state index contributed by atoms with van der Waals surface area (Å²) < 4.78 is 4.96. The molecule has 3 amide bonds. The minimum absolute atomic E-state index is 0.0122. The zero-order chi connectivity index (χ0) is 55.8. The molecule has 6 heterocycles. The number of carboxylic acid groups (broad SMARTS) is 1. The average Bonchev–Trinajstić information content (AvgIpc) is 3.95. The van der Waals surface area contributed by atoms with Crippen LogP contribution in [-0.4, -0.2) is 114 Å². The Kier molecular flexibility index (Phi) is 20.7. The highest BCUT2D eigenvalue weighted by Gasteiger charge is 2.24. The van der Waals surface area contributed by atoms with Crippen LogP contribution in [0.25, 0.3) is 21.8 Å². The number of pyridine rings is 2. The summed E-state index contributed by atoms with van der Waals surface area (Å²) >= 11 is 6.55. The number of nitrogens with two attached hydrogens (primary N) is 1. The fraction of sp³-hybridized carbons (Fsp3) is 0.259. The zero-order valence-electron chi connectivity index (χ0n) is 43.1. The van der Waals surface area contributed by atoms with Crippen LogP contribution >= 0.6 is 31.9 Å². The molecule has 8 rings (SSSR count). The number of carbonyl (C=O) groups is 6. The van der Waals surface area contributed by atoms with E-state index in [1.54, 1.807) is 60.2 Å². The van der Waals surface area contributed by atoms with E-state index in [1.807, 2.05) is 86.6 Å². The molecule has 77 heavy (non-hydrogen) atoms. The summed E-state index contributed by atoms with van der Waals surface area (Å²) in [4.78, 5) is 102. The Labute approximate surface area is 461 Å². The topological polar surface area (TPSA) is 278 Å². The number of benzene rings is 2. The summed E-state index contributed by atoms with van der Waals surface area (Å²) in [5.41, 5.74) is 12.3. The lowest BCUT2D eigenvalue weighted by atomic mass is 10.1. The van der Waals surface area contributed by atoms with Crippen molar-refractivity contribution >= 4 is 112 Å². The molecule has 0 aliphatic heterocycles. The maximum absolute atomic E-state index is 13.3. The summed E-state index contributed by atoms with van der Waals surface area (Å²) in [7, 11) is 0. The van der Waals surface area contributed by atoms with Gasteiger partial charge in [0.05, 0.1) is 60.6 Å². The Hall–Kier alpha value is -8.28. The van der Waals surface area contributed by atoms with Gasteiger partial charge >= 0.3 is 5.97 Å². The maximum Gasteiger partial charge on any atom is 0.323 e. The number of anilines is 4. The van der Waals surface area contributed by atoms with Gasteiger partial charge in [0.15, 0.2) is 11.6 Å². The first-order valence-corrected chi connectivity index (χ1v) is 25.7. The molecule has 0 saturated carbocycles. The average molecular weight is 1170 g/mol. The predicted octanol–water partition coefficient (Wildman–Crippen LogP) is 8.09. The molecule has 6 aromatic heterocycles. The molecule has 0 aliphatic carbocycles. The summed E-state index contributed by atoms with van der Waals surface area (Å²) in [5, 5.41) is 19.7. The van der Waals surface area contributed by atoms with Crippen LogP contribution in [0, 0.1) is 0 Å². The molecular weight excluding hydrogens is 1120 g/mol. The first-order valence-electron chi connectivity index (χ1n) is 24.1. The van der Waals surface area contributed by atoms with Crippen LogP contribution in [0.5, 0.6) is 0 Å². The number of aliphatic carboxylic acids is 1. The van der Waals surface area contributed by atoms with E-state index in [0.29, 0.717) is 50.2 Å². The normalized spacial score (nSPS) is 10.8. The Balaban J connectivity index is 0.000000218. The number of carbonyl (C=O) groups excluding carboxylic acids is 5. The monoisotopic (exact) mass is 1170 g/mol. The van der Waals surface area contributed by atoms with E-state index in [0.717, 1.165) is 32.6 Å². The number of hydrogen-bond acceptors (Lipinski definition) is 15. The Morgan fingerprint density at radius 1 is 0.610 bits per heavy atom. The molecule has 0 bridgehead atoms. The number of fused-ring (bicyclic) bond motifs is 2. The molecule has 0 unspecified atom stereocenters. The third-order valence-electron chi connectivity index (χ3n) is 11.6. The lowest BCUT2D eigenvalue weighted by Crippen LogP contribution is -2.45. The number of amides is 3. The molecule has 23 heteroatoms. The smallest absolute Gasteiger partial charge is 0.323 e. The third kappa shape index (κ3) is 16.6. The van der Waals surface area contributed by atoms with Gasteiger partial charge in [-0.2, -0.15) is 0 Å². The van der Waals surface area contributed by atoms with E-state index >= 15 is 0 Å². The van der Waals surface area contributed by atoms with Crippen LogP contribution in [0.15, 0.2) is 132 Å². The number of aromatic nitrogens is 8. The van der Waals surface area contributed by atoms with Crippen LogP contribution < -0.4 is 21.7 Å². The van der Waals surface area contributed by atoms with Crippen molar-refractivity contribution in [3.05, 3.63) is 154 Å². The van der Waals surface area contributed by atoms with Crippen molar-refractivity contribution < 1.29 is 33.9 Å². The standard InChI is InChI=1S/C27H28BrN7O3.C21H23N5O4.C6H7BrN2/c1-17(2)35(14-26(37)31-12-20-5-4-6-25(28)33-20)27(38)15-34-13-23(18(3)36)22-9-19(7-8-24(22)34)32-21-10-29-16-30-11-21;1-13(2)26(11-21(29)30)20(28)10-25-9-18(14(3)27)17-6-15(4-5-19(17)25)24-16-7-22-12-23-8-16;7-6-3-1-2-5(4-8)9-6/h4-11,13,16-17,32H,12,14-15H2,1-3H3,(H,31,37);4-9,12-13,24H,10-11H2,1-3H3,(H,29,30);1-3H,4,8H2. The van der Waals surface area contributed by atoms with Gasteiger partial charge in [0.25, 0.3) is 0 Å². The molecule has 8 aromatic rings. The number of nitrogens with one attached hydrogen (secondary N) is 3. The molecule has 2 aromatic carbocycles. The lowest BCUT2D eigenvalue weighted by Gasteiger charge is -2.26. The van der Waals surface area contributed by atoms with Crippen molar-refractivity contribution in [1.29, 1.82) is 0 Å². The fourth-order valence-electron chi connectivity index (χ4n) is 7.88. The van der Waals surface area contributed by atoms with E-state index in [-0.39, 0.29) is 74.1 Å². The number of nitrogens with zero attached hydrogens (tertiary/aromatic N) is 10. The number of ketones is 2. The van der Waals surface area contributed by atoms with Crippen molar-refractivity contribution in [2.24, 2.45) is 5.73 Å². The molecule has 6 N–H and O–H groups in total. The SMILES string of the molecule is CC(=O)c1cn(CC(=O)N(CC(=O)NCc2cccc(Br)n2)C(C)C)c2ccc(Nc3cncnc3)cc12.CC(=O)c1cn(CC(=O)N(CC(=O)O)C(C)C)c2ccc(Nc3cncnc3)cc12.NCc1cccc(Br)n1. The van der Waals surface area contributed by atoms with Crippen LogP contribution in [0.3, 0.4) is 0 Å². The van der Waals surface area contributed by atoms with Crippen LogP contribution in [0.2, 0.25) is 0 Å². The minimum atomic E-state index is -1.07. The van der Waals surface area contributed by atoms with Crippen molar-refractivity contribution in [2.45, 2.75) is 79.8 Å². The van der Waals surface area contributed by atoms with E-state index < -0.39 is 5.97 Å². The van der Waals surface area contributed by atoms with Crippen LogP contribution in [0.1, 0.15) is 73.6 Å². The van der Waals surface area contributed by atoms with E-state index in [9.17, 15) is 28.8 Å². The quantitative estimate of drug-likeness (QED) is 0.0378. The summed E-state index contributed by atoms with van der Waals surface area (Å²) in [5.74, 6) is -2.15.